The molecular weight excluding hydrogens is 294 g/mol. The Hall–Kier alpha value is -1.62. The summed E-state index contributed by atoms with van der Waals surface area (Å²) >= 11 is 0. The van der Waals surface area contributed by atoms with Crippen LogP contribution in [0.1, 0.15) is 27.7 Å². The molecule has 0 aliphatic carbocycles. The van der Waals surface area contributed by atoms with Crippen molar-refractivity contribution in [1.82, 2.24) is 0 Å². The Bertz CT molecular complexity index is 513. The minimum atomic E-state index is -0.858. The molecule has 22 heavy (non-hydrogen) atoms. The van der Waals surface area contributed by atoms with Gasteiger partial charge in [-0.05, 0) is 39.8 Å². The molecule has 122 valence electrons. The van der Waals surface area contributed by atoms with Gasteiger partial charge in [-0.2, -0.15) is 0 Å². The molecule has 0 saturated carbocycles. The second-order valence-electron chi connectivity index (χ2n) is 5.87. The molecule has 2 atom stereocenters. The van der Waals surface area contributed by atoms with Gasteiger partial charge in [0.1, 0.15) is 6.04 Å². The Morgan fingerprint density at radius 3 is 2.09 bits per heavy atom. The fraction of sp³-hybridized carbons (Fsp3) is 0.529. The third-order valence-electron chi connectivity index (χ3n) is 3.91. The quantitative estimate of drug-likeness (QED) is 0.570. The minimum Gasteiger partial charge on any atom is -0.464 e. The van der Waals surface area contributed by atoms with E-state index in [1.807, 2.05) is 24.0 Å². The topological polar surface area (TPSA) is 46.6 Å². The number of anilines is 1. The lowest BCUT2D eigenvalue weighted by molar-refractivity contribution is -0.144. The molecule has 1 aromatic carbocycles. The van der Waals surface area contributed by atoms with Gasteiger partial charge in [-0.1, -0.05) is 30.4 Å². The predicted octanol–water partition coefficient (Wildman–Crippen LogP) is 2.12. The van der Waals surface area contributed by atoms with Crippen molar-refractivity contribution in [3.63, 3.8) is 0 Å². The summed E-state index contributed by atoms with van der Waals surface area (Å²) in [4.78, 5) is 25.8. The molecule has 0 saturated heterocycles. The first-order valence-electron chi connectivity index (χ1n) is 7.84. The number of ketones is 1. The van der Waals surface area contributed by atoms with E-state index < -0.39 is 14.8 Å². The van der Waals surface area contributed by atoms with E-state index in [1.165, 1.54) is 5.19 Å². The first-order valence-corrected chi connectivity index (χ1v) is 10.7. The van der Waals surface area contributed by atoms with Crippen molar-refractivity contribution in [3.05, 3.63) is 24.3 Å². The number of carbonyl (C=O) groups is 2. The largest absolute Gasteiger partial charge is 0.464 e. The lowest BCUT2D eigenvalue weighted by atomic mass is 10.1. The summed E-state index contributed by atoms with van der Waals surface area (Å²) < 4.78 is 5.11. The highest BCUT2D eigenvalue weighted by Crippen LogP contribution is 2.21. The van der Waals surface area contributed by atoms with Crippen molar-refractivity contribution < 1.29 is 14.3 Å². The van der Waals surface area contributed by atoms with Crippen LogP contribution >= 0.6 is 0 Å². The van der Waals surface area contributed by atoms with Gasteiger partial charge in [0.2, 0.25) is 0 Å². The zero-order chi connectivity index (χ0) is 16.9. The van der Waals surface area contributed by atoms with Gasteiger partial charge in [-0.3, -0.25) is 4.79 Å². The maximum Gasteiger partial charge on any atom is 0.328 e. The highest BCUT2D eigenvalue weighted by atomic mass is 28.3. The van der Waals surface area contributed by atoms with Crippen LogP contribution in [0.15, 0.2) is 24.3 Å². The molecule has 2 unspecified atom stereocenters. The van der Waals surface area contributed by atoms with Gasteiger partial charge in [0.25, 0.3) is 0 Å². The minimum absolute atomic E-state index is 0.0264. The lowest BCUT2D eigenvalue weighted by Crippen LogP contribution is -2.48. The first-order chi connectivity index (χ1) is 10.3. The molecule has 0 aromatic heterocycles. The zero-order valence-electron chi connectivity index (χ0n) is 14.4. The van der Waals surface area contributed by atoms with Crippen LogP contribution in [-0.2, 0) is 14.3 Å². The maximum atomic E-state index is 12.1. The van der Waals surface area contributed by atoms with Crippen LogP contribution < -0.4 is 10.1 Å². The summed E-state index contributed by atoms with van der Waals surface area (Å²) in [6.45, 7) is 11.8. The van der Waals surface area contributed by atoms with Crippen LogP contribution in [0, 0.1) is 0 Å². The van der Waals surface area contributed by atoms with Crippen LogP contribution in [0.25, 0.3) is 0 Å². The van der Waals surface area contributed by atoms with Gasteiger partial charge in [0.05, 0.1) is 21.4 Å². The molecule has 0 aliphatic heterocycles. The molecule has 1 aromatic rings. The summed E-state index contributed by atoms with van der Waals surface area (Å²) in [5, 5.41) is 1.36. The van der Waals surface area contributed by atoms with Crippen molar-refractivity contribution in [2.75, 3.05) is 11.5 Å². The van der Waals surface area contributed by atoms with Gasteiger partial charge in [0, 0.05) is 5.69 Å². The molecule has 4 nitrogen and oxygen atoms in total. The fourth-order valence-corrected chi connectivity index (χ4v) is 3.35. The van der Waals surface area contributed by atoms with Gasteiger partial charge in [-0.15, -0.1) is 0 Å². The number of hydrogen-bond acceptors (Lipinski definition) is 4. The molecule has 0 fully saturated rings. The summed E-state index contributed by atoms with van der Waals surface area (Å²) in [5.74, 6) is -0.281. The number of carbonyl (C=O) groups excluding carboxylic acids is 2. The van der Waals surface area contributed by atoms with Gasteiger partial charge in [-0.25, -0.2) is 4.79 Å². The van der Waals surface area contributed by atoms with E-state index in [0.717, 1.165) is 5.69 Å². The molecule has 0 radical (unpaired) electrons. The van der Waals surface area contributed by atoms with E-state index in [4.69, 9.17) is 4.74 Å². The molecule has 0 spiro atoms. The third kappa shape index (κ3) is 4.43. The van der Waals surface area contributed by atoms with Crippen molar-refractivity contribution in [3.8, 4) is 0 Å². The number of hydrogen-bond donors (Lipinski definition) is 0. The van der Waals surface area contributed by atoms with Gasteiger partial charge in [0.15, 0.2) is 5.78 Å². The van der Waals surface area contributed by atoms with E-state index in [2.05, 4.69) is 25.2 Å². The summed E-state index contributed by atoms with van der Waals surface area (Å²) in [6, 6.07) is 7.32. The average Bonchev–Trinajstić information content (AvgIpc) is 2.47. The normalized spacial score (nSPS) is 13.6. The number of esters is 1. The summed E-state index contributed by atoms with van der Waals surface area (Å²) in [7, 11) is -0.858. The number of Topliss-reactive ketones (excluding diaryl/α,β-unsaturated/α-hetero) is 1. The Labute approximate surface area is 135 Å². The average molecular weight is 321 g/mol. The number of rotatable bonds is 7. The van der Waals surface area contributed by atoms with Crippen LogP contribution in [0.3, 0.4) is 0 Å². The lowest BCUT2D eigenvalue weighted by Gasteiger charge is -2.34. The Balaban J connectivity index is 3.14. The van der Waals surface area contributed by atoms with E-state index in [1.54, 1.807) is 20.8 Å². The van der Waals surface area contributed by atoms with Crippen molar-refractivity contribution >= 4 is 31.4 Å². The Morgan fingerprint density at radius 1 is 1.14 bits per heavy atom. The van der Waals surface area contributed by atoms with E-state index in [-0.39, 0.29) is 17.8 Å². The molecule has 0 amide bonds. The van der Waals surface area contributed by atoms with E-state index in [9.17, 15) is 9.59 Å². The van der Waals surface area contributed by atoms with Crippen molar-refractivity contribution in [2.24, 2.45) is 0 Å². The molecule has 5 heteroatoms. The van der Waals surface area contributed by atoms with E-state index in [0.29, 0.717) is 6.61 Å². The van der Waals surface area contributed by atoms with Crippen LogP contribution in [0.5, 0.6) is 0 Å². The van der Waals surface area contributed by atoms with Gasteiger partial charge >= 0.3 is 5.97 Å². The Kier molecular flexibility index (Phi) is 6.81. The summed E-state index contributed by atoms with van der Waals surface area (Å²) in [5.41, 5.74) is 0.877. The van der Waals surface area contributed by atoms with Crippen LogP contribution in [-0.4, -0.2) is 39.2 Å². The molecule has 0 bridgehead atoms. The fourth-order valence-electron chi connectivity index (χ4n) is 2.39. The smallest absolute Gasteiger partial charge is 0.328 e. The first kappa shape index (κ1) is 18.4. The highest BCUT2D eigenvalue weighted by Gasteiger charge is 2.29. The van der Waals surface area contributed by atoms with E-state index >= 15 is 0 Å². The highest BCUT2D eigenvalue weighted by molar-refractivity contribution is 6.70. The Morgan fingerprint density at radius 2 is 1.68 bits per heavy atom. The number of ether oxygens (including phenoxy) is 1. The standard InChI is InChI=1S/C17H27NO3Si/c1-7-21-17(20)13(3)18(12(2)14(4)19)15-8-10-16(11-9-15)22(5)6/h8-13,22H,7H2,1-6H3. The molecule has 1 rings (SSSR count). The summed E-state index contributed by atoms with van der Waals surface area (Å²) in [6.07, 6.45) is 0. The second-order valence-corrected chi connectivity index (χ2v) is 8.84. The maximum absolute atomic E-state index is 12.1. The van der Waals surface area contributed by atoms with Gasteiger partial charge < -0.3 is 9.64 Å². The molecular formula is C17H27NO3Si. The van der Waals surface area contributed by atoms with Crippen molar-refractivity contribution in [1.29, 1.82) is 0 Å². The number of nitrogens with zero attached hydrogens (tertiary/aromatic N) is 1. The van der Waals surface area contributed by atoms with Crippen LogP contribution in [0.4, 0.5) is 5.69 Å². The molecule has 0 heterocycles. The zero-order valence-corrected chi connectivity index (χ0v) is 15.6. The molecule has 0 aliphatic rings. The monoisotopic (exact) mass is 321 g/mol. The predicted molar refractivity (Wildman–Crippen MR) is 93.7 cm³/mol. The SMILES string of the molecule is CCOC(=O)C(C)N(c1ccc([SiH](C)C)cc1)C(C)C(C)=O. The number of benzene rings is 1. The van der Waals surface area contributed by atoms with Crippen LogP contribution in [0.2, 0.25) is 13.1 Å². The third-order valence-corrected chi connectivity index (χ3v) is 5.63. The van der Waals surface area contributed by atoms with Crippen molar-refractivity contribution in [2.45, 2.75) is 52.9 Å². The second kappa shape index (κ2) is 8.13. The molecule has 0 N–H and O–H groups in total.